The number of carbonyl (C=O) groups is 2. The SMILES string of the molecule is CN(CC(=O)Nc1ccc(Br)cn1)C(=O)[C@H]1C[C@H]1c1ccc(F)c(F)c1. The normalized spacial score (nSPS) is 18.3. The summed E-state index contributed by atoms with van der Waals surface area (Å²) in [6, 6.07) is 7.06. The van der Waals surface area contributed by atoms with Crippen molar-refractivity contribution in [3.05, 3.63) is 58.2 Å². The van der Waals surface area contributed by atoms with E-state index in [-0.39, 0.29) is 30.2 Å². The molecule has 0 spiro atoms. The highest BCUT2D eigenvalue weighted by molar-refractivity contribution is 9.10. The van der Waals surface area contributed by atoms with Gasteiger partial charge in [-0.25, -0.2) is 13.8 Å². The lowest BCUT2D eigenvalue weighted by molar-refractivity contribution is -0.134. The fourth-order valence-corrected chi connectivity index (χ4v) is 3.02. The molecule has 1 aliphatic rings. The van der Waals surface area contributed by atoms with Gasteiger partial charge in [-0.3, -0.25) is 9.59 Å². The molecule has 1 aromatic heterocycles. The quantitative estimate of drug-likeness (QED) is 0.801. The number of pyridine rings is 1. The second-order valence-electron chi connectivity index (χ2n) is 6.23. The van der Waals surface area contributed by atoms with E-state index in [1.807, 2.05) is 0 Å². The van der Waals surface area contributed by atoms with Gasteiger partial charge in [-0.15, -0.1) is 0 Å². The third-order valence-corrected chi connectivity index (χ3v) is 4.70. The van der Waals surface area contributed by atoms with Gasteiger partial charge in [0.1, 0.15) is 5.82 Å². The van der Waals surface area contributed by atoms with Gasteiger partial charge in [-0.1, -0.05) is 6.07 Å². The number of anilines is 1. The van der Waals surface area contributed by atoms with Crippen LogP contribution in [0.3, 0.4) is 0 Å². The predicted molar refractivity (Wildman–Crippen MR) is 95.4 cm³/mol. The molecule has 1 N–H and O–H groups in total. The second kappa shape index (κ2) is 7.49. The largest absolute Gasteiger partial charge is 0.336 e. The molecule has 0 saturated heterocycles. The molecular formula is C18H16BrF2N3O2. The third kappa shape index (κ3) is 4.24. The van der Waals surface area contributed by atoms with E-state index in [1.54, 1.807) is 18.3 Å². The van der Waals surface area contributed by atoms with E-state index >= 15 is 0 Å². The molecule has 1 aromatic carbocycles. The zero-order valence-electron chi connectivity index (χ0n) is 13.9. The van der Waals surface area contributed by atoms with Crippen LogP contribution in [0.2, 0.25) is 0 Å². The molecular weight excluding hydrogens is 408 g/mol. The topological polar surface area (TPSA) is 62.3 Å². The van der Waals surface area contributed by atoms with E-state index in [4.69, 9.17) is 0 Å². The van der Waals surface area contributed by atoms with E-state index in [9.17, 15) is 18.4 Å². The smallest absolute Gasteiger partial charge is 0.245 e. The second-order valence-corrected chi connectivity index (χ2v) is 7.14. The third-order valence-electron chi connectivity index (χ3n) is 4.23. The van der Waals surface area contributed by atoms with Gasteiger partial charge in [0.15, 0.2) is 11.6 Å². The Morgan fingerprint density at radius 3 is 2.69 bits per heavy atom. The van der Waals surface area contributed by atoms with E-state index in [0.717, 1.165) is 16.6 Å². The van der Waals surface area contributed by atoms with Crippen LogP contribution in [0.4, 0.5) is 14.6 Å². The van der Waals surface area contributed by atoms with Gasteiger partial charge >= 0.3 is 0 Å². The van der Waals surface area contributed by atoms with Crippen LogP contribution < -0.4 is 5.32 Å². The standard InChI is InChI=1S/C18H16BrF2N3O2/c1-24(9-17(25)23-16-5-3-11(19)8-22-16)18(26)13-7-12(13)10-2-4-14(20)15(21)6-10/h2-6,8,12-13H,7,9H2,1H3,(H,22,23,25)/t12-,13-/m0/s1. The monoisotopic (exact) mass is 423 g/mol. The van der Waals surface area contributed by atoms with Crippen LogP contribution >= 0.6 is 15.9 Å². The zero-order chi connectivity index (χ0) is 18.8. The summed E-state index contributed by atoms with van der Waals surface area (Å²) < 4.78 is 27.1. The highest BCUT2D eigenvalue weighted by Gasteiger charge is 2.45. The van der Waals surface area contributed by atoms with Gasteiger partial charge in [0.2, 0.25) is 11.8 Å². The first-order chi connectivity index (χ1) is 12.3. The number of nitrogens with zero attached hydrogens (tertiary/aromatic N) is 2. The van der Waals surface area contributed by atoms with E-state index < -0.39 is 11.6 Å². The number of likely N-dealkylation sites (N-methyl/N-ethyl adjacent to an activating group) is 1. The van der Waals surface area contributed by atoms with Crippen LogP contribution in [0.25, 0.3) is 0 Å². The number of benzene rings is 1. The maximum atomic E-state index is 13.3. The average Bonchev–Trinajstić information content (AvgIpc) is 3.39. The van der Waals surface area contributed by atoms with Gasteiger partial charge in [-0.2, -0.15) is 0 Å². The number of amides is 2. The summed E-state index contributed by atoms with van der Waals surface area (Å²) in [5.41, 5.74) is 0.596. The number of carbonyl (C=O) groups excluding carboxylic acids is 2. The van der Waals surface area contributed by atoms with Gasteiger partial charge in [-0.05, 0) is 58.1 Å². The van der Waals surface area contributed by atoms with Crippen molar-refractivity contribution in [3.8, 4) is 0 Å². The number of aromatic nitrogens is 1. The fraction of sp³-hybridized carbons (Fsp3) is 0.278. The van der Waals surface area contributed by atoms with E-state index in [2.05, 4.69) is 26.2 Å². The predicted octanol–water partition coefficient (Wildman–Crippen LogP) is 3.32. The Morgan fingerprint density at radius 1 is 1.27 bits per heavy atom. The average molecular weight is 424 g/mol. The summed E-state index contributed by atoms with van der Waals surface area (Å²) in [5.74, 6) is -2.45. The molecule has 5 nitrogen and oxygen atoms in total. The Balaban J connectivity index is 1.54. The summed E-state index contributed by atoms with van der Waals surface area (Å²) in [6.45, 7) is -0.114. The van der Waals surface area contributed by atoms with E-state index in [1.165, 1.54) is 18.0 Å². The van der Waals surface area contributed by atoms with Gasteiger partial charge in [0.05, 0.1) is 6.54 Å². The highest BCUT2D eigenvalue weighted by atomic mass is 79.9. The van der Waals surface area contributed by atoms with Gasteiger partial charge in [0.25, 0.3) is 0 Å². The van der Waals surface area contributed by atoms with Crippen molar-refractivity contribution < 1.29 is 18.4 Å². The molecule has 1 heterocycles. The number of hydrogen-bond acceptors (Lipinski definition) is 3. The molecule has 26 heavy (non-hydrogen) atoms. The lowest BCUT2D eigenvalue weighted by Gasteiger charge is -2.17. The molecule has 1 fully saturated rings. The maximum Gasteiger partial charge on any atom is 0.245 e. The minimum Gasteiger partial charge on any atom is -0.336 e. The van der Waals surface area contributed by atoms with E-state index in [0.29, 0.717) is 17.8 Å². The molecule has 3 rings (SSSR count). The van der Waals surface area contributed by atoms with Crippen molar-refractivity contribution in [3.63, 3.8) is 0 Å². The Hall–Kier alpha value is -2.35. The fourth-order valence-electron chi connectivity index (χ4n) is 2.79. The Labute approximate surface area is 157 Å². The number of halogens is 3. The van der Waals surface area contributed by atoms with Crippen LogP contribution in [-0.2, 0) is 9.59 Å². The van der Waals surface area contributed by atoms with Crippen molar-refractivity contribution in [1.82, 2.24) is 9.88 Å². The first kappa shape index (κ1) is 18.4. The van der Waals surface area contributed by atoms with Crippen LogP contribution in [0.5, 0.6) is 0 Å². The van der Waals surface area contributed by atoms with Crippen molar-refractivity contribution in [2.24, 2.45) is 5.92 Å². The van der Waals surface area contributed by atoms with Gasteiger partial charge in [0, 0.05) is 23.6 Å². The molecule has 1 aliphatic carbocycles. The van der Waals surface area contributed by atoms with Crippen LogP contribution in [0.15, 0.2) is 41.0 Å². The summed E-state index contributed by atoms with van der Waals surface area (Å²) in [7, 11) is 1.54. The molecule has 0 bridgehead atoms. The summed E-state index contributed by atoms with van der Waals surface area (Å²) in [4.78, 5) is 29.8. The summed E-state index contributed by atoms with van der Waals surface area (Å²) in [6.07, 6.45) is 2.12. The number of nitrogens with one attached hydrogen (secondary N) is 1. The lowest BCUT2D eigenvalue weighted by Crippen LogP contribution is -2.36. The molecule has 2 atom stereocenters. The van der Waals surface area contributed by atoms with Crippen molar-refractivity contribution >= 4 is 33.6 Å². The lowest BCUT2D eigenvalue weighted by atomic mass is 10.1. The van der Waals surface area contributed by atoms with Crippen molar-refractivity contribution in [1.29, 1.82) is 0 Å². The Morgan fingerprint density at radius 2 is 2.04 bits per heavy atom. The molecule has 0 aliphatic heterocycles. The molecule has 8 heteroatoms. The highest BCUT2D eigenvalue weighted by Crippen LogP contribution is 2.48. The molecule has 2 amide bonds. The molecule has 2 aromatic rings. The first-order valence-electron chi connectivity index (χ1n) is 7.96. The molecule has 0 radical (unpaired) electrons. The van der Waals surface area contributed by atoms with Crippen LogP contribution in [-0.4, -0.2) is 35.3 Å². The Bertz CT molecular complexity index is 845. The zero-order valence-corrected chi connectivity index (χ0v) is 15.5. The number of hydrogen-bond donors (Lipinski definition) is 1. The van der Waals surface area contributed by atoms with Gasteiger partial charge < -0.3 is 10.2 Å². The van der Waals surface area contributed by atoms with Crippen LogP contribution in [0, 0.1) is 17.6 Å². The Kier molecular flexibility index (Phi) is 5.31. The maximum absolute atomic E-state index is 13.3. The first-order valence-corrected chi connectivity index (χ1v) is 8.76. The molecule has 1 saturated carbocycles. The minimum atomic E-state index is -0.921. The molecule has 0 unspecified atom stereocenters. The minimum absolute atomic E-state index is 0.114. The summed E-state index contributed by atoms with van der Waals surface area (Å²) >= 11 is 3.25. The van der Waals surface area contributed by atoms with Crippen molar-refractivity contribution in [2.45, 2.75) is 12.3 Å². The van der Waals surface area contributed by atoms with Crippen LogP contribution in [0.1, 0.15) is 17.9 Å². The molecule has 136 valence electrons. The number of rotatable bonds is 5. The summed E-state index contributed by atoms with van der Waals surface area (Å²) in [5, 5.41) is 2.61. The van der Waals surface area contributed by atoms with Crippen molar-refractivity contribution in [2.75, 3.05) is 18.9 Å².